The molecule has 0 amide bonds. The molecule has 0 aliphatic carbocycles. The maximum absolute atomic E-state index is 12.0. The number of fused-ring (bicyclic) bond motifs is 1. The van der Waals surface area contributed by atoms with E-state index in [2.05, 4.69) is 0 Å². The molecular weight excluding hydrogens is 256 g/mol. The summed E-state index contributed by atoms with van der Waals surface area (Å²) >= 11 is 0. The highest BCUT2D eigenvalue weighted by molar-refractivity contribution is 5.95. The number of esters is 1. The van der Waals surface area contributed by atoms with Crippen molar-refractivity contribution in [3.63, 3.8) is 0 Å². The lowest BCUT2D eigenvalue weighted by Crippen LogP contribution is -2.21. The largest absolute Gasteiger partial charge is 0.507 e. The Hall–Kier alpha value is -2.49. The van der Waals surface area contributed by atoms with Gasteiger partial charge in [0.1, 0.15) is 23.2 Å². The minimum atomic E-state index is -0.481. The zero-order valence-electron chi connectivity index (χ0n) is 11.0. The Kier molecular flexibility index (Phi) is 3.06. The molecule has 4 nitrogen and oxygen atoms in total. The second-order valence-corrected chi connectivity index (χ2v) is 4.68. The summed E-state index contributed by atoms with van der Waals surface area (Å²) in [6, 6.07) is 12.5. The minimum Gasteiger partial charge on any atom is -0.507 e. The van der Waals surface area contributed by atoms with E-state index in [1.807, 2.05) is 30.3 Å². The molecule has 1 aliphatic heterocycles. The number of carbonyl (C=O) groups excluding carboxylic acids is 1. The van der Waals surface area contributed by atoms with Crippen molar-refractivity contribution in [2.45, 2.75) is 12.5 Å². The molecule has 4 heteroatoms. The van der Waals surface area contributed by atoms with Gasteiger partial charge in [-0.1, -0.05) is 24.3 Å². The van der Waals surface area contributed by atoms with Crippen LogP contribution in [0.5, 0.6) is 11.5 Å². The van der Waals surface area contributed by atoms with Gasteiger partial charge in [0.05, 0.1) is 7.11 Å². The average Bonchev–Trinajstić information content (AvgIpc) is 2.47. The zero-order valence-corrected chi connectivity index (χ0v) is 11.0. The summed E-state index contributed by atoms with van der Waals surface area (Å²) in [5.41, 5.74) is 1.99. The summed E-state index contributed by atoms with van der Waals surface area (Å²) in [5, 5.41) is 9.73. The van der Waals surface area contributed by atoms with E-state index in [1.54, 1.807) is 13.2 Å². The average molecular weight is 270 g/mol. The Bertz CT molecular complexity index is 646. The lowest BCUT2D eigenvalue weighted by molar-refractivity contribution is 0.0248. The van der Waals surface area contributed by atoms with Crippen molar-refractivity contribution in [3.05, 3.63) is 59.2 Å². The molecule has 1 aliphatic rings. The lowest BCUT2D eigenvalue weighted by Gasteiger charge is -2.25. The molecule has 20 heavy (non-hydrogen) atoms. The Morgan fingerprint density at radius 2 is 1.95 bits per heavy atom. The SMILES string of the molecule is COc1ccc([C@H]2Cc3cccc(O)c3C(=O)O2)cc1. The number of ether oxygens (including phenoxy) is 2. The summed E-state index contributed by atoms with van der Waals surface area (Å²) in [4.78, 5) is 12.0. The van der Waals surface area contributed by atoms with Crippen LogP contribution in [0.15, 0.2) is 42.5 Å². The highest BCUT2D eigenvalue weighted by atomic mass is 16.5. The first-order valence-corrected chi connectivity index (χ1v) is 6.35. The molecule has 2 aromatic carbocycles. The first-order valence-electron chi connectivity index (χ1n) is 6.35. The topological polar surface area (TPSA) is 55.8 Å². The molecular formula is C16H14O4. The van der Waals surface area contributed by atoms with Crippen molar-refractivity contribution in [2.24, 2.45) is 0 Å². The van der Waals surface area contributed by atoms with Gasteiger partial charge in [-0.2, -0.15) is 0 Å². The third-order valence-corrected chi connectivity index (χ3v) is 3.48. The summed E-state index contributed by atoms with van der Waals surface area (Å²) < 4.78 is 10.5. The van der Waals surface area contributed by atoms with Gasteiger partial charge in [-0.25, -0.2) is 4.79 Å². The third-order valence-electron chi connectivity index (χ3n) is 3.48. The molecule has 0 unspecified atom stereocenters. The van der Waals surface area contributed by atoms with Crippen molar-refractivity contribution in [3.8, 4) is 11.5 Å². The number of hydrogen-bond acceptors (Lipinski definition) is 4. The predicted octanol–water partition coefficient (Wildman–Crippen LogP) is 2.86. The quantitative estimate of drug-likeness (QED) is 0.852. The van der Waals surface area contributed by atoms with Crippen LogP contribution >= 0.6 is 0 Å². The van der Waals surface area contributed by atoms with Crippen LogP contribution in [-0.4, -0.2) is 18.2 Å². The summed E-state index contributed by atoms with van der Waals surface area (Å²) in [6.45, 7) is 0. The number of hydrogen-bond donors (Lipinski definition) is 1. The Balaban J connectivity index is 1.93. The maximum Gasteiger partial charge on any atom is 0.342 e. The van der Waals surface area contributed by atoms with Gasteiger partial charge < -0.3 is 14.6 Å². The Morgan fingerprint density at radius 1 is 1.20 bits per heavy atom. The fourth-order valence-corrected chi connectivity index (χ4v) is 2.43. The molecule has 1 N–H and O–H groups in total. The van der Waals surface area contributed by atoms with Crippen molar-refractivity contribution in [2.75, 3.05) is 7.11 Å². The van der Waals surface area contributed by atoms with Gasteiger partial charge in [-0.05, 0) is 29.3 Å². The minimum absolute atomic E-state index is 0.0271. The number of aromatic hydroxyl groups is 1. The molecule has 3 rings (SSSR count). The van der Waals surface area contributed by atoms with Crippen molar-refractivity contribution in [1.82, 2.24) is 0 Å². The molecule has 0 saturated heterocycles. The fourth-order valence-electron chi connectivity index (χ4n) is 2.43. The standard InChI is InChI=1S/C16H14O4/c1-19-12-7-5-10(6-8-12)14-9-11-3-2-4-13(17)15(11)16(18)20-14/h2-8,14,17H,9H2,1H3/t14-/m1/s1. The summed E-state index contributed by atoms with van der Waals surface area (Å²) in [7, 11) is 1.61. The van der Waals surface area contributed by atoms with Crippen molar-refractivity contribution < 1.29 is 19.4 Å². The molecule has 0 fully saturated rings. The van der Waals surface area contributed by atoms with Crippen LogP contribution in [0.1, 0.15) is 27.6 Å². The van der Waals surface area contributed by atoms with Gasteiger partial charge in [0, 0.05) is 6.42 Å². The molecule has 0 bridgehead atoms. The van der Waals surface area contributed by atoms with Gasteiger partial charge in [-0.3, -0.25) is 0 Å². The van der Waals surface area contributed by atoms with Gasteiger partial charge >= 0.3 is 5.97 Å². The summed E-state index contributed by atoms with van der Waals surface area (Å²) in [5.74, 6) is 0.250. The van der Waals surface area contributed by atoms with Gasteiger partial charge in [-0.15, -0.1) is 0 Å². The molecule has 0 spiro atoms. The normalized spacial score (nSPS) is 17.2. The maximum atomic E-state index is 12.0. The number of rotatable bonds is 2. The van der Waals surface area contributed by atoms with E-state index in [0.29, 0.717) is 6.42 Å². The molecule has 102 valence electrons. The molecule has 1 atom stereocenters. The number of methoxy groups -OCH3 is 1. The van der Waals surface area contributed by atoms with E-state index in [1.165, 1.54) is 6.07 Å². The van der Waals surface area contributed by atoms with Crippen LogP contribution in [0.2, 0.25) is 0 Å². The molecule has 2 aromatic rings. The number of phenols is 1. The molecule has 0 radical (unpaired) electrons. The number of cyclic esters (lactones) is 1. The monoisotopic (exact) mass is 270 g/mol. The predicted molar refractivity (Wildman–Crippen MR) is 73.0 cm³/mol. The van der Waals surface area contributed by atoms with Gasteiger partial charge in [0.15, 0.2) is 0 Å². The second kappa shape index (κ2) is 4.89. The molecule has 0 aromatic heterocycles. The van der Waals surface area contributed by atoms with E-state index in [4.69, 9.17) is 9.47 Å². The van der Waals surface area contributed by atoms with Gasteiger partial charge in [0.25, 0.3) is 0 Å². The first-order chi connectivity index (χ1) is 9.69. The molecule has 1 heterocycles. The number of benzene rings is 2. The smallest absolute Gasteiger partial charge is 0.342 e. The van der Waals surface area contributed by atoms with E-state index in [0.717, 1.165) is 16.9 Å². The zero-order chi connectivity index (χ0) is 14.1. The van der Waals surface area contributed by atoms with E-state index >= 15 is 0 Å². The second-order valence-electron chi connectivity index (χ2n) is 4.68. The van der Waals surface area contributed by atoms with Crippen molar-refractivity contribution in [1.29, 1.82) is 0 Å². The van der Waals surface area contributed by atoms with E-state index in [9.17, 15) is 9.90 Å². The van der Waals surface area contributed by atoms with E-state index < -0.39 is 5.97 Å². The van der Waals surface area contributed by atoms with Crippen LogP contribution in [0.3, 0.4) is 0 Å². The molecule has 0 saturated carbocycles. The Morgan fingerprint density at radius 3 is 2.65 bits per heavy atom. The highest BCUT2D eigenvalue weighted by Gasteiger charge is 2.29. The number of phenolic OH excluding ortho intramolecular Hbond substituents is 1. The van der Waals surface area contributed by atoms with Crippen molar-refractivity contribution >= 4 is 5.97 Å². The number of carbonyl (C=O) groups is 1. The van der Waals surface area contributed by atoms with Crippen LogP contribution in [0.25, 0.3) is 0 Å². The fraction of sp³-hybridized carbons (Fsp3) is 0.188. The first kappa shape index (κ1) is 12.5. The Labute approximate surface area is 116 Å². The van der Waals surface area contributed by atoms with Gasteiger partial charge in [0.2, 0.25) is 0 Å². The van der Waals surface area contributed by atoms with Crippen LogP contribution < -0.4 is 4.74 Å². The van der Waals surface area contributed by atoms with Crippen LogP contribution in [0, 0.1) is 0 Å². The van der Waals surface area contributed by atoms with Crippen LogP contribution in [0.4, 0.5) is 0 Å². The third kappa shape index (κ3) is 2.09. The van der Waals surface area contributed by atoms with E-state index in [-0.39, 0.29) is 17.4 Å². The highest BCUT2D eigenvalue weighted by Crippen LogP contribution is 2.34. The lowest BCUT2D eigenvalue weighted by atomic mass is 9.94. The van der Waals surface area contributed by atoms with Crippen LogP contribution in [-0.2, 0) is 11.2 Å². The summed E-state index contributed by atoms with van der Waals surface area (Å²) in [6.07, 6.45) is 0.227.